The topological polar surface area (TPSA) is 79.9 Å². The zero-order chi connectivity index (χ0) is 20.7. The molecule has 0 heterocycles. The number of rotatable bonds is 8. The summed E-state index contributed by atoms with van der Waals surface area (Å²) in [6, 6.07) is 12.2. The van der Waals surface area contributed by atoms with Crippen molar-refractivity contribution in [2.45, 2.75) is 18.7 Å². The number of hydrogen-bond donors (Lipinski definition) is 2. The first-order chi connectivity index (χ1) is 13.3. The lowest BCUT2D eigenvalue weighted by molar-refractivity contribution is 0.330. The van der Waals surface area contributed by atoms with E-state index in [9.17, 15) is 8.42 Å². The van der Waals surface area contributed by atoms with Crippen molar-refractivity contribution < 1.29 is 17.9 Å². The first-order valence-corrected chi connectivity index (χ1v) is 10.6. The monoisotopic (exact) mass is 423 g/mol. The minimum atomic E-state index is -3.67. The van der Waals surface area contributed by atoms with Crippen LogP contribution in [0.25, 0.3) is 0 Å². The fraction of sp³-hybridized carbons (Fsp3) is 0.316. The van der Waals surface area contributed by atoms with Crippen LogP contribution in [0.5, 0.6) is 11.5 Å². The highest BCUT2D eigenvalue weighted by Gasteiger charge is 2.23. The van der Waals surface area contributed by atoms with Gasteiger partial charge in [0.15, 0.2) is 5.11 Å². The van der Waals surface area contributed by atoms with Crippen molar-refractivity contribution in [3.63, 3.8) is 0 Å². The maximum Gasteiger partial charge on any atom is 0.246 e. The lowest BCUT2D eigenvalue weighted by Gasteiger charge is -2.17. The summed E-state index contributed by atoms with van der Waals surface area (Å²) in [5.74, 6) is 1.07. The third-order valence-corrected chi connectivity index (χ3v) is 5.72. The van der Waals surface area contributed by atoms with Crippen molar-refractivity contribution in [3.8, 4) is 11.5 Å². The third-order valence-electron chi connectivity index (χ3n) is 3.68. The lowest BCUT2D eigenvalue weighted by Crippen LogP contribution is -2.24. The molecule has 0 aromatic heterocycles. The molecule has 2 rings (SSSR count). The van der Waals surface area contributed by atoms with E-state index in [2.05, 4.69) is 10.6 Å². The minimum Gasteiger partial charge on any atom is -0.494 e. The van der Waals surface area contributed by atoms with Crippen molar-refractivity contribution in [1.29, 1.82) is 0 Å². The highest BCUT2D eigenvalue weighted by Crippen LogP contribution is 2.29. The molecule has 0 amide bonds. The molecule has 0 saturated heterocycles. The predicted molar refractivity (Wildman–Crippen MR) is 116 cm³/mol. The van der Waals surface area contributed by atoms with E-state index < -0.39 is 10.0 Å². The SMILES string of the molecule is CCOc1ccc(NC(=S)Nc2ccc(OCC)c(S(=O)(=O)N(C)C)c2)cc1. The van der Waals surface area contributed by atoms with Gasteiger partial charge in [-0.15, -0.1) is 0 Å². The van der Waals surface area contributed by atoms with E-state index in [0.29, 0.717) is 29.8 Å². The number of benzene rings is 2. The minimum absolute atomic E-state index is 0.0771. The molecule has 0 saturated carbocycles. The maximum absolute atomic E-state index is 12.6. The number of hydrogen-bond acceptors (Lipinski definition) is 5. The van der Waals surface area contributed by atoms with E-state index in [1.165, 1.54) is 20.2 Å². The van der Waals surface area contributed by atoms with E-state index in [0.717, 1.165) is 15.7 Å². The summed E-state index contributed by atoms with van der Waals surface area (Å²) in [5, 5.41) is 6.39. The van der Waals surface area contributed by atoms with Crippen LogP contribution in [0.4, 0.5) is 11.4 Å². The molecule has 0 atom stereocenters. The molecule has 0 aliphatic carbocycles. The van der Waals surface area contributed by atoms with Crippen LogP contribution in [0.1, 0.15) is 13.8 Å². The molecular weight excluding hydrogens is 398 g/mol. The van der Waals surface area contributed by atoms with Crippen molar-refractivity contribution in [2.75, 3.05) is 37.9 Å². The average Bonchev–Trinajstić information content (AvgIpc) is 2.64. The Hall–Kier alpha value is -2.36. The smallest absolute Gasteiger partial charge is 0.246 e. The van der Waals surface area contributed by atoms with Gasteiger partial charge in [0.2, 0.25) is 10.0 Å². The molecule has 2 aromatic rings. The quantitative estimate of drug-likeness (QED) is 0.629. The molecule has 7 nitrogen and oxygen atoms in total. The number of anilines is 2. The van der Waals surface area contributed by atoms with Gasteiger partial charge in [0.05, 0.1) is 13.2 Å². The first kappa shape index (κ1) is 21.9. The van der Waals surface area contributed by atoms with Crippen LogP contribution in [0.15, 0.2) is 47.4 Å². The fourth-order valence-electron chi connectivity index (χ4n) is 2.35. The van der Waals surface area contributed by atoms with Crippen molar-refractivity contribution in [1.82, 2.24) is 4.31 Å². The Bertz CT molecular complexity index is 913. The second-order valence-corrected chi connectivity index (χ2v) is 8.45. The van der Waals surface area contributed by atoms with E-state index >= 15 is 0 Å². The number of sulfonamides is 1. The number of nitrogens with one attached hydrogen (secondary N) is 2. The zero-order valence-corrected chi connectivity index (χ0v) is 18.0. The van der Waals surface area contributed by atoms with Gasteiger partial charge in [-0.2, -0.15) is 0 Å². The fourth-order valence-corrected chi connectivity index (χ4v) is 3.64. The molecule has 0 unspecified atom stereocenters. The summed E-state index contributed by atoms with van der Waals surface area (Å²) >= 11 is 5.33. The molecule has 0 spiro atoms. The van der Waals surface area contributed by atoms with Gasteiger partial charge in [0.25, 0.3) is 0 Å². The van der Waals surface area contributed by atoms with E-state index in [1.807, 2.05) is 31.2 Å². The van der Waals surface area contributed by atoms with Crippen molar-refractivity contribution in [3.05, 3.63) is 42.5 Å². The Morgan fingerprint density at radius 1 is 0.964 bits per heavy atom. The summed E-state index contributed by atoms with van der Waals surface area (Å²) < 4.78 is 37.2. The zero-order valence-electron chi connectivity index (χ0n) is 16.4. The summed E-state index contributed by atoms with van der Waals surface area (Å²) in [4.78, 5) is 0.0771. The molecule has 152 valence electrons. The van der Waals surface area contributed by atoms with Crippen molar-refractivity contribution in [2.24, 2.45) is 0 Å². The highest BCUT2D eigenvalue weighted by atomic mass is 32.2. The molecule has 0 aliphatic rings. The van der Waals surface area contributed by atoms with Crippen LogP contribution in [0, 0.1) is 0 Å². The van der Waals surface area contributed by atoms with Gasteiger partial charge in [0.1, 0.15) is 16.4 Å². The van der Waals surface area contributed by atoms with Crippen LogP contribution in [0.2, 0.25) is 0 Å². The third kappa shape index (κ3) is 5.57. The van der Waals surface area contributed by atoms with Crippen LogP contribution < -0.4 is 20.1 Å². The first-order valence-electron chi connectivity index (χ1n) is 8.78. The van der Waals surface area contributed by atoms with Crippen LogP contribution in [0.3, 0.4) is 0 Å². The Kier molecular flexibility index (Phi) is 7.61. The molecule has 28 heavy (non-hydrogen) atoms. The number of thiocarbonyl (C=S) groups is 1. The maximum atomic E-state index is 12.6. The summed E-state index contributed by atoms with van der Waals surface area (Å²) in [6.45, 7) is 4.68. The van der Waals surface area contributed by atoms with Gasteiger partial charge >= 0.3 is 0 Å². The Morgan fingerprint density at radius 2 is 1.54 bits per heavy atom. The van der Waals surface area contributed by atoms with Crippen LogP contribution >= 0.6 is 12.2 Å². The Morgan fingerprint density at radius 3 is 2.11 bits per heavy atom. The van der Waals surface area contributed by atoms with E-state index in [-0.39, 0.29) is 4.90 Å². The molecule has 9 heteroatoms. The summed E-state index contributed by atoms with van der Waals surface area (Å²) in [6.07, 6.45) is 0. The van der Waals surface area contributed by atoms with Gasteiger partial charge in [-0.25, -0.2) is 12.7 Å². The second-order valence-electron chi connectivity index (χ2n) is 5.92. The van der Waals surface area contributed by atoms with Gasteiger partial charge in [-0.3, -0.25) is 0 Å². The molecular formula is C19H25N3O4S2. The highest BCUT2D eigenvalue weighted by molar-refractivity contribution is 7.89. The van der Waals surface area contributed by atoms with Crippen LogP contribution in [-0.4, -0.2) is 45.1 Å². The van der Waals surface area contributed by atoms with Gasteiger partial charge < -0.3 is 20.1 Å². The predicted octanol–water partition coefficient (Wildman–Crippen LogP) is 3.54. The average molecular weight is 424 g/mol. The summed E-state index contributed by atoms with van der Waals surface area (Å²) in [5.41, 5.74) is 1.32. The largest absolute Gasteiger partial charge is 0.494 e. The standard InChI is InChI=1S/C19H25N3O4S2/c1-5-25-16-10-7-14(8-11-16)20-19(27)21-15-9-12-17(26-6-2)18(13-15)28(23,24)22(3)4/h7-13H,5-6H2,1-4H3,(H2,20,21,27). The van der Waals surface area contributed by atoms with E-state index in [1.54, 1.807) is 19.1 Å². The number of nitrogens with zero attached hydrogens (tertiary/aromatic N) is 1. The second kappa shape index (κ2) is 9.72. The molecule has 0 bridgehead atoms. The van der Waals surface area contributed by atoms with Crippen molar-refractivity contribution >= 4 is 38.7 Å². The molecule has 0 fully saturated rings. The Labute approximate surface area is 171 Å². The Balaban J connectivity index is 2.17. The van der Waals surface area contributed by atoms with Gasteiger partial charge in [-0.1, -0.05) is 0 Å². The van der Waals surface area contributed by atoms with Gasteiger partial charge in [-0.05, 0) is 68.5 Å². The van der Waals surface area contributed by atoms with Crippen LogP contribution in [-0.2, 0) is 10.0 Å². The van der Waals surface area contributed by atoms with E-state index in [4.69, 9.17) is 21.7 Å². The number of ether oxygens (including phenoxy) is 2. The molecule has 0 aliphatic heterocycles. The molecule has 2 N–H and O–H groups in total. The molecule has 2 aromatic carbocycles. The van der Waals surface area contributed by atoms with Gasteiger partial charge in [0, 0.05) is 25.5 Å². The summed E-state index contributed by atoms with van der Waals surface area (Å²) in [7, 11) is -0.716. The molecule has 0 radical (unpaired) electrons. The lowest BCUT2D eigenvalue weighted by atomic mass is 10.3. The normalized spacial score (nSPS) is 11.2.